The van der Waals surface area contributed by atoms with E-state index in [2.05, 4.69) is 4.98 Å². The molecule has 0 amide bonds. The number of aromatic amines is 1. The fourth-order valence-corrected chi connectivity index (χ4v) is 5.35. The zero-order chi connectivity index (χ0) is 21.3. The lowest BCUT2D eigenvalue weighted by atomic mass is 9.69. The van der Waals surface area contributed by atoms with Crippen LogP contribution in [0.25, 0.3) is 0 Å². The van der Waals surface area contributed by atoms with Gasteiger partial charge in [0, 0.05) is 40.0 Å². The van der Waals surface area contributed by atoms with Crippen LogP contribution >= 0.6 is 0 Å². The van der Waals surface area contributed by atoms with Crippen molar-refractivity contribution in [1.82, 2.24) is 4.98 Å². The molecular formula is C25H22N2O3. The zero-order valence-corrected chi connectivity index (χ0v) is 17.1. The number of benzene rings is 2. The smallest absolute Gasteiger partial charge is 0.192 e. The van der Waals surface area contributed by atoms with Crippen LogP contribution in [-0.4, -0.2) is 21.7 Å². The second kappa shape index (κ2) is 6.03. The van der Waals surface area contributed by atoms with Crippen LogP contribution in [0.1, 0.15) is 41.0 Å². The Morgan fingerprint density at radius 3 is 2.33 bits per heavy atom. The van der Waals surface area contributed by atoms with E-state index in [0.29, 0.717) is 28.1 Å². The minimum Gasteiger partial charge on any atom is -0.365 e. The van der Waals surface area contributed by atoms with E-state index in [9.17, 15) is 14.7 Å². The van der Waals surface area contributed by atoms with Gasteiger partial charge >= 0.3 is 0 Å². The van der Waals surface area contributed by atoms with Gasteiger partial charge in [-0.1, -0.05) is 42.0 Å². The Hall–Kier alpha value is -3.44. The minimum absolute atomic E-state index is 0.240. The number of carbonyl (C=O) groups excluding carboxylic acids is 2. The van der Waals surface area contributed by atoms with Gasteiger partial charge in [0.15, 0.2) is 22.7 Å². The number of Topliss-reactive ketones (excluding diaryl/α,β-unsaturated/α-hetero) is 2. The number of nitrogens with zero attached hydrogens (tertiary/aromatic N) is 1. The molecule has 2 heterocycles. The predicted octanol–water partition coefficient (Wildman–Crippen LogP) is 3.99. The fraction of sp³-hybridized carbons (Fsp3) is 0.200. The van der Waals surface area contributed by atoms with E-state index in [1.807, 2.05) is 37.3 Å². The first-order valence-electron chi connectivity index (χ1n) is 9.95. The number of aromatic nitrogens is 1. The van der Waals surface area contributed by atoms with Gasteiger partial charge in [-0.05, 0) is 45.0 Å². The van der Waals surface area contributed by atoms with Crippen molar-refractivity contribution < 1.29 is 14.7 Å². The van der Waals surface area contributed by atoms with Gasteiger partial charge in [-0.3, -0.25) is 9.59 Å². The summed E-state index contributed by atoms with van der Waals surface area (Å²) in [6.45, 7) is 5.25. The van der Waals surface area contributed by atoms with Crippen LogP contribution in [0.15, 0.2) is 78.1 Å². The first-order valence-corrected chi connectivity index (χ1v) is 9.95. The standard InChI is InChI=1S/C25H22N2O3/c1-15-10-12-18(13-11-15)27-16(2)22(17(3)28)24(21-9-6-14-26-21)23(29)19-7-4-5-8-20(19)25(24,27)30/h4-14,26,30H,1-3H3. The zero-order valence-electron chi connectivity index (χ0n) is 17.1. The van der Waals surface area contributed by atoms with Crippen molar-refractivity contribution in [1.29, 1.82) is 0 Å². The number of nitrogens with one attached hydrogen (secondary N) is 1. The highest BCUT2D eigenvalue weighted by Gasteiger charge is 2.73. The monoisotopic (exact) mass is 398 g/mol. The van der Waals surface area contributed by atoms with Crippen molar-refractivity contribution in [3.8, 4) is 0 Å². The molecule has 2 aliphatic rings. The second-order valence-electron chi connectivity index (χ2n) is 8.07. The molecule has 5 nitrogen and oxygen atoms in total. The first kappa shape index (κ1) is 18.6. The lowest BCUT2D eigenvalue weighted by Crippen LogP contribution is -2.56. The SMILES string of the molecule is CC(=O)C1=C(C)N(c2ccc(C)cc2)C2(O)c3ccccc3C(=O)C12c1ccc[nH]1. The molecule has 0 bridgehead atoms. The minimum atomic E-state index is -1.77. The summed E-state index contributed by atoms with van der Waals surface area (Å²) < 4.78 is 0. The number of anilines is 1. The van der Waals surface area contributed by atoms with Gasteiger partial charge in [0.05, 0.1) is 0 Å². The van der Waals surface area contributed by atoms with Crippen LogP contribution in [0.4, 0.5) is 5.69 Å². The highest BCUT2D eigenvalue weighted by atomic mass is 16.3. The van der Waals surface area contributed by atoms with E-state index >= 15 is 0 Å². The van der Waals surface area contributed by atoms with Crippen molar-refractivity contribution in [3.63, 3.8) is 0 Å². The summed E-state index contributed by atoms with van der Waals surface area (Å²) in [7, 11) is 0. The molecule has 2 atom stereocenters. The second-order valence-corrected chi connectivity index (χ2v) is 8.07. The molecule has 1 aromatic heterocycles. The van der Waals surface area contributed by atoms with E-state index in [0.717, 1.165) is 11.3 Å². The molecule has 1 aliphatic carbocycles. The molecule has 2 aromatic carbocycles. The largest absolute Gasteiger partial charge is 0.365 e. The van der Waals surface area contributed by atoms with Gasteiger partial charge in [-0.25, -0.2) is 0 Å². The molecular weight excluding hydrogens is 376 g/mol. The maximum Gasteiger partial charge on any atom is 0.192 e. The number of rotatable bonds is 3. The molecule has 5 heteroatoms. The molecule has 2 unspecified atom stereocenters. The molecule has 0 fully saturated rings. The van der Waals surface area contributed by atoms with Gasteiger partial charge in [0.25, 0.3) is 0 Å². The summed E-state index contributed by atoms with van der Waals surface area (Å²) in [5, 5.41) is 12.5. The summed E-state index contributed by atoms with van der Waals surface area (Å²) in [5.41, 5.74) is 0.783. The van der Waals surface area contributed by atoms with Crippen LogP contribution in [0, 0.1) is 6.92 Å². The van der Waals surface area contributed by atoms with Crippen molar-refractivity contribution in [2.75, 3.05) is 4.90 Å². The Kier molecular flexibility index (Phi) is 3.74. The molecule has 1 aliphatic heterocycles. The molecule has 0 radical (unpaired) electrons. The molecule has 150 valence electrons. The maximum absolute atomic E-state index is 14.0. The fourth-order valence-electron chi connectivity index (χ4n) is 5.35. The molecule has 2 N–H and O–H groups in total. The molecule has 3 aromatic rings. The topological polar surface area (TPSA) is 73.4 Å². The Bertz CT molecular complexity index is 1220. The Balaban J connectivity index is 1.94. The molecule has 5 rings (SSSR count). The van der Waals surface area contributed by atoms with Crippen LogP contribution < -0.4 is 4.90 Å². The van der Waals surface area contributed by atoms with Gasteiger partial charge < -0.3 is 15.0 Å². The quantitative estimate of drug-likeness (QED) is 0.700. The molecule has 0 saturated heterocycles. The van der Waals surface area contributed by atoms with E-state index in [1.165, 1.54) is 6.92 Å². The summed E-state index contributed by atoms with van der Waals surface area (Å²) in [6.07, 6.45) is 1.71. The predicted molar refractivity (Wildman–Crippen MR) is 114 cm³/mol. The van der Waals surface area contributed by atoms with Crippen LogP contribution in [-0.2, 0) is 15.9 Å². The van der Waals surface area contributed by atoms with Crippen LogP contribution in [0.3, 0.4) is 0 Å². The lowest BCUT2D eigenvalue weighted by molar-refractivity contribution is -0.115. The Labute approximate surface area is 174 Å². The summed E-state index contributed by atoms with van der Waals surface area (Å²) in [6, 6.07) is 18.4. The highest BCUT2D eigenvalue weighted by Crippen LogP contribution is 2.63. The Morgan fingerprint density at radius 2 is 1.70 bits per heavy atom. The van der Waals surface area contributed by atoms with Gasteiger partial charge in [0.1, 0.15) is 0 Å². The van der Waals surface area contributed by atoms with Crippen molar-refractivity contribution in [2.24, 2.45) is 0 Å². The Morgan fingerprint density at radius 1 is 1.00 bits per heavy atom. The number of hydrogen-bond acceptors (Lipinski definition) is 4. The molecule has 30 heavy (non-hydrogen) atoms. The third-order valence-corrected chi connectivity index (χ3v) is 6.45. The summed E-state index contributed by atoms with van der Waals surface area (Å²) >= 11 is 0. The number of H-pyrrole nitrogens is 1. The van der Waals surface area contributed by atoms with E-state index in [-0.39, 0.29) is 11.6 Å². The average molecular weight is 398 g/mol. The van der Waals surface area contributed by atoms with E-state index in [1.54, 1.807) is 48.4 Å². The number of aryl methyl sites for hydroxylation is 1. The van der Waals surface area contributed by atoms with Gasteiger partial charge in [0.2, 0.25) is 0 Å². The first-order chi connectivity index (χ1) is 14.3. The summed E-state index contributed by atoms with van der Waals surface area (Å²) in [4.78, 5) is 31.9. The van der Waals surface area contributed by atoms with Crippen molar-refractivity contribution >= 4 is 17.3 Å². The number of fused-ring (bicyclic) bond motifs is 3. The van der Waals surface area contributed by atoms with E-state index in [4.69, 9.17) is 0 Å². The number of hydrogen-bond donors (Lipinski definition) is 2. The maximum atomic E-state index is 14.0. The third-order valence-electron chi connectivity index (χ3n) is 6.45. The van der Waals surface area contributed by atoms with Gasteiger partial charge in [-0.15, -0.1) is 0 Å². The molecule has 0 spiro atoms. The van der Waals surface area contributed by atoms with Crippen molar-refractivity contribution in [3.05, 3.63) is 101 Å². The number of allylic oxidation sites excluding steroid dienone is 1. The number of ketones is 2. The lowest BCUT2D eigenvalue weighted by Gasteiger charge is -2.42. The highest BCUT2D eigenvalue weighted by molar-refractivity contribution is 6.20. The summed E-state index contributed by atoms with van der Waals surface area (Å²) in [5.74, 6) is -0.515. The normalized spacial score (nSPS) is 24.9. The van der Waals surface area contributed by atoms with Crippen LogP contribution in [0.5, 0.6) is 0 Å². The average Bonchev–Trinajstić information content (AvgIpc) is 3.37. The number of aliphatic hydroxyl groups is 1. The van der Waals surface area contributed by atoms with E-state index < -0.39 is 11.1 Å². The molecule has 0 saturated carbocycles. The van der Waals surface area contributed by atoms with Gasteiger partial charge in [-0.2, -0.15) is 0 Å². The third kappa shape index (κ3) is 1.95. The van der Waals surface area contributed by atoms with Crippen molar-refractivity contribution in [2.45, 2.75) is 31.9 Å². The van der Waals surface area contributed by atoms with Crippen LogP contribution in [0.2, 0.25) is 0 Å². The number of carbonyl (C=O) groups is 2.